The highest BCUT2D eigenvalue weighted by atomic mass is 14.9. The van der Waals surface area contributed by atoms with Crippen LogP contribution in [-0.2, 0) is 0 Å². The first-order valence-electron chi connectivity index (χ1n) is 2.13. The standard InChI is InChI=1S/C5H8N/c1-5-2-3-6-4-5/h2,4,6H,3H2,1H3. The van der Waals surface area contributed by atoms with Crippen molar-refractivity contribution in [2.45, 2.75) is 6.92 Å². The molecule has 0 saturated heterocycles. The smallest absolute Gasteiger partial charge is 0.0474 e. The highest BCUT2D eigenvalue weighted by Gasteiger charge is 1.93. The first kappa shape index (κ1) is 3.88. The molecule has 1 aliphatic rings. The lowest BCUT2D eigenvalue weighted by Crippen LogP contribution is -2.00. The van der Waals surface area contributed by atoms with Crippen LogP contribution in [0.5, 0.6) is 0 Å². The Morgan fingerprint density at radius 3 is 2.83 bits per heavy atom. The van der Waals surface area contributed by atoms with Crippen LogP contribution in [0.2, 0.25) is 0 Å². The van der Waals surface area contributed by atoms with Crippen molar-refractivity contribution in [1.29, 1.82) is 0 Å². The van der Waals surface area contributed by atoms with Crippen LogP contribution >= 0.6 is 0 Å². The van der Waals surface area contributed by atoms with Gasteiger partial charge in [0.2, 0.25) is 0 Å². The average molecular weight is 82.1 g/mol. The molecule has 0 aliphatic carbocycles. The molecule has 0 fully saturated rings. The average Bonchev–Trinajstić information content (AvgIpc) is 1.86. The van der Waals surface area contributed by atoms with Crippen molar-refractivity contribution in [3.63, 3.8) is 0 Å². The normalized spacial score (nSPS) is 21.2. The van der Waals surface area contributed by atoms with Crippen molar-refractivity contribution >= 4 is 0 Å². The van der Waals surface area contributed by atoms with Gasteiger partial charge in [0.1, 0.15) is 0 Å². The summed E-state index contributed by atoms with van der Waals surface area (Å²) in [5.74, 6) is 0. The minimum atomic E-state index is 1.02. The summed E-state index contributed by atoms with van der Waals surface area (Å²) in [6.45, 7) is 5.12. The largest absolute Gasteiger partial charge is 0.305 e. The second-order valence-electron chi connectivity index (χ2n) is 1.50. The molecule has 0 bridgehead atoms. The summed E-state index contributed by atoms with van der Waals surface area (Å²) in [6, 6.07) is 0. The molecule has 0 unspecified atom stereocenters. The summed E-state index contributed by atoms with van der Waals surface area (Å²) >= 11 is 0. The molecule has 0 aromatic carbocycles. The molecule has 1 rings (SSSR count). The summed E-state index contributed by atoms with van der Waals surface area (Å²) < 4.78 is 0. The molecule has 6 heavy (non-hydrogen) atoms. The van der Waals surface area contributed by atoms with Crippen molar-refractivity contribution in [3.05, 3.63) is 18.2 Å². The molecule has 33 valence electrons. The van der Waals surface area contributed by atoms with Crippen LogP contribution in [0.3, 0.4) is 0 Å². The lowest BCUT2D eigenvalue weighted by atomic mass is 10.3. The SMILES string of the molecule is CC1=CCN[CH]1. The maximum absolute atomic E-state index is 3.05. The number of hydrogen-bond donors (Lipinski definition) is 1. The second-order valence-corrected chi connectivity index (χ2v) is 1.50. The second kappa shape index (κ2) is 1.43. The highest BCUT2D eigenvalue weighted by molar-refractivity contribution is 5.15. The molecule has 0 aromatic heterocycles. The van der Waals surface area contributed by atoms with E-state index in [9.17, 15) is 0 Å². The Morgan fingerprint density at radius 2 is 2.67 bits per heavy atom. The first-order chi connectivity index (χ1) is 2.89. The van der Waals surface area contributed by atoms with Gasteiger partial charge in [0, 0.05) is 13.1 Å². The Hall–Kier alpha value is -0.300. The van der Waals surface area contributed by atoms with Crippen LogP contribution in [0, 0.1) is 6.54 Å². The highest BCUT2D eigenvalue weighted by Crippen LogP contribution is 1.98. The van der Waals surface area contributed by atoms with Gasteiger partial charge in [0.25, 0.3) is 0 Å². The number of rotatable bonds is 0. The predicted octanol–water partition coefficient (Wildman–Crippen LogP) is 0.698. The fourth-order valence-electron chi connectivity index (χ4n) is 0.499. The summed E-state index contributed by atoms with van der Waals surface area (Å²) in [5, 5.41) is 3.05. The van der Waals surface area contributed by atoms with Gasteiger partial charge >= 0.3 is 0 Å². The Kier molecular flexibility index (Phi) is 0.926. The van der Waals surface area contributed by atoms with Crippen LogP contribution in [0.15, 0.2) is 11.6 Å². The van der Waals surface area contributed by atoms with Crippen molar-refractivity contribution in [1.82, 2.24) is 5.32 Å². The van der Waals surface area contributed by atoms with Gasteiger partial charge < -0.3 is 5.32 Å². The van der Waals surface area contributed by atoms with Crippen molar-refractivity contribution < 1.29 is 0 Å². The lowest BCUT2D eigenvalue weighted by molar-refractivity contribution is 0.968. The fourth-order valence-corrected chi connectivity index (χ4v) is 0.499. The van der Waals surface area contributed by atoms with Gasteiger partial charge in [-0.3, -0.25) is 0 Å². The molecule has 0 atom stereocenters. The molecule has 1 radical (unpaired) electrons. The Labute approximate surface area is 38.1 Å². The molecule has 0 saturated carbocycles. The lowest BCUT2D eigenvalue weighted by Gasteiger charge is -1.82. The Balaban J connectivity index is 2.45. The predicted molar refractivity (Wildman–Crippen MR) is 26.1 cm³/mol. The van der Waals surface area contributed by atoms with E-state index in [0.717, 1.165) is 6.54 Å². The molecular formula is C5H8N. The van der Waals surface area contributed by atoms with E-state index in [2.05, 4.69) is 18.3 Å². The van der Waals surface area contributed by atoms with E-state index in [0.29, 0.717) is 0 Å². The van der Waals surface area contributed by atoms with Gasteiger partial charge in [-0.05, 0) is 6.92 Å². The topological polar surface area (TPSA) is 12.0 Å². The molecule has 1 heterocycles. The van der Waals surface area contributed by atoms with E-state index in [1.54, 1.807) is 0 Å². The fraction of sp³-hybridized carbons (Fsp3) is 0.400. The van der Waals surface area contributed by atoms with Crippen LogP contribution in [0.4, 0.5) is 0 Å². The molecule has 1 N–H and O–H groups in total. The summed E-state index contributed by atoms with van der Waals surface area (Å²) in [4.78, 5) is 0. The maximum atomic E-state index is 3.05. The van der Waals surface area contributed by atoms with Crippen LogP contribution < -0.4 is 5.32 Å². The summed E-state index contributed by atoms with van der Waals surface area (Å²) in [5.41, 5.74) is 1.34. The molecule has 0 amide bonds. The van der Waals surface area contributed by atoms with E-state index in [1.165, 1.54) is 5.57 Å². The third-order valence-corrected chi connectivity index (χ3v) is 0.872. The van der Waals surface area contributed by atoms with Crippen LogP contribution in [0.1, 0.15) is 6.92 Å². The maximum Gasteiger partial charge on any atom is 0.0474 e. The zero-order chi connectivity index (χ0) is 4.41. The molecular weight excluding hydrogens is 74.1 g/mol. The molecule has 1 heteroatoms. The first-order valence-corrected chi connectivity index (χ1v) is 2.13. The number of hydrogen-bond acceptors (Lipinski definition) is 1. The van der Waals surface area contributed by atoms with Gasteiger partial charge in [-0.2, -0.15) is 0 Å². The van der Waals surface area contributed by atoms with Crippen LogP contribution in [-0.4, -0.2) is 6.54 Å². The van der Waals surface area contributed by atoms with E-state index in [1.807, 2.05) is 6.54 Å². The molecule has 1 aliphatic heterocycles. The third-order valence-electron chi connectivity index (χ3n) is 0.872. The quantitative estimate of drug-likeness (QED) is 0.453. The van der Waals surface area contributed by atoms with E-state index in [4.69, 9.17) is 0 Å². The molecule has 0 spiro atoms. The summed E-state index contributed by atoms with van der Waals surface area (Å²) in [6.07, 6.45) is 2.15. The van der Waals surface area contributed by atoms with Gasteiger partial charge in [0.05, 0.1) is 0 Å². The van der Waals surface area contributed by atoms with Gasteiger partial charge in [-0.15, -0.1) is 0 Å². The minimum absolute atomic E-state index is 1.02. The van der Waals surface area contributed by atoms with Gasteiger partial charge in [-0.25, -0.2) is 0 Å². The molecule has 0 aromatic rings. The number of nitrogens with one attached hydrogen (secondary N) is 1. The summed E-state index contributed by atoms with van der Waals surface area (Å²) in [7, 11) is 0. The van der Waals surface area contributed by atoms with Gasteiger partial charge in [0.15, 0.2) is 0 Å². The van der Waals surface area contributed by atoms with Gasteiger partial charge in [-0.1, -0.05) is 11.6 Å². The van der Waals surface area contributed by atoms with Crippen LogP contribution in [0.25, 0.3) is 0 Å². The van der Waals surface area contributed by atoms with E-state index >= 15 is 0 Å². The monoisotopic (exact) mass is 82.1 g/mol. The zero-order valence-corrected chi connectivity index (χ0v) is 3.86. The van der Waals surface area contributed by atoms with E-state index in [-0.39, 0.29) is 0 Å². The zero-order valence-electron chi connectivity index (χ0n) is 3.86. The third kappa shape index (κ3) is 0.601. The van der Waals surface area contributed by atoms with Crippen molar-refractivity contribution in [2.24, 2.45) is 0 Å². The minimum Gasteiger partial charge on any atom is -0.305 e. The van der Waals surface area contributed by atoms with Crippen molar-refractivity contribution in [3.8, 4) is 0 Å². The Bertz CT molecular complexity index is 74.0. The van der Waals surface area contributed by atoms with Crippen molar-refractivity contribution in [2.75, 3.05) is 6.54 Å². The molecule has 1 nitrogen and oxygen atoms in total. The van der Waals surface area contributed by atoms with E-state index < -0.39 is 0 Å². The Morgan fingerprint density at radius 1 is 1.83 bits per heavy atom.